The normalized spacial score (nSPS) is 23.2. The second-order valence-corrected chi connectivity index (χ2v) is 6.70. The second kappa shape index (κ2) is 3.88. The van der Waals surface area contributed by atoms with Crippen LogP contribution in [0.4, 0.5) is 0 Å². The van der Waals surface area contributed by atoms with Crippen LogP contribution in [0, 0.1) is 5.41 Å². The number of allylic oxidation sites excluding steroid dienone is 10. The number of hydrogen-bond donors (Lipinski definition) is 2. The van der Waals surface area contributed by atoms with E-state index in [0.29, 0.717) is 14.2 Å². The van der Waals surface area contributed by atoms with Crippen LogP contribution in [0.15, 0.2) is 58.4 Å². The Bertz CT molecular complexity index is 601. The molecule has 0 saturated carbocycles. The fourth-order valence-electron chi connectivity index (χ4n) is 2.72. The van der Waals surface area contributed by atoms with Crippen LogP contribution in [0.2, 0.25) is 0 Å². The zero-order valence-electron chi connectivity index (χ0n) is 10.4. The summed E-state index contributed by atoms with van der Waals surface area (Å²) in [5.41, 5.74) is 3.92. The maximum absolute atomic E-state index is 9.26. The maximum Gasteiger partial charge on any atom is 0.483 e. The fraction of sp³-hybridized carbons (Fsp3) is 0.214. The van der Waals surface area contributed by atoms with Crippen molar-refractivity contribution in [2.75, 3.05) is 0 Å². The zero-order valence-corrected chi connectivity index (χ0v) is 11.4. The summed E-state index contributed by atoms with van der Waals surface area (Å²) in [5, 5.41) is 20.4. The first-order valence-corrected chi connectivity index (χ1v) is 7.04. The average molecular weight is 253 g/mol. The monoisotopic (exact) mass is 253 g/mol. The average Bonchev–Trinajstić information content (AvgIpc) is 2.66. The van der Waals surface area contributed by atoms with Gasteiger partial charge in [-0.05, 0) is 27.0 Å². The molecule has 0 atom stereocenters. The SMILES string of the molecule is CC1(C)C=CC=C2C=C3[Si]=C(B(O)O)C=CC3=C21. The third-order valence-corrected chi connectivity index (χ3v) is 4.96. The molecule has 1 heterocycles. The van der Waals surface area contributed by atoms with Crippen LogP contribution in [0.25, 0.3) is 0 Å². The molecule has 0 fully saturated rings. The lowest BCUT2D eigenvalue weighted by Gasteiger charge is -2.28. The van der Waals surface area contributed by atoms with Crippen molar-refractivity contribution in [2.45, 2.75) is 13.8 Å². The fourth-order valence-corrected chi connectivity index (χ4v) is 3.90. The molecule has 89 valence electrons. The Morgan fingerprint density at radius 1 is 1.22 bits per heavy atom. The molecule has 3 rings (SSSR count). The molecule has 0 aromatic heterocycles. The molecule has 0 bridgehead atoms. The van der Waals surface area contributed by atoms with E-state index < -0.39 is 7.12 Å². The van der Waals surface area contributed by atoms with Crippen molar-refractivity contribution in [1.29, 1.82) is 0 Å². The van der Waals surface area contributed by atoms with Gasteiger partial charge in [0.1, 0.15) is 0 Å². The zero-order chi connectivity index (χ0) is 12.9. The highest BCUT2D eigenvalue weighted by Gasteiger charge is 2.33. The van der Waals surface area contributed by atoms with Crippen molar-refractivity contribution in [3.63, 3.8) is 0 Å². The molecule has 2 aliphatic carbocycles. The molecule has 0 spiro atoms. The summed E-state index contributed by atoms with van der Waals surface area (Å²) in [6.07, 6.45) is 12.5. The number of fused-ring (bicyclic) bond motifs is 2. The van der Waals surface area contributed by atoms with Crippen LogP contribution in [-0.2, 0) is 0 Å². The molecule has 1 radical (unpaired) electrons. The molecular weight excluding hydrogens is 239 g/mol. The van der Waals surface area contributed by atoms with Gasteiger partial charge in [0.2, 0.25) is 0 Å². The van der Waals surface area contributed by atoms with Crippen LogP contribution >= 0.6 is 0 Å². The predicted molar refractivity (Wildman–Crippen MR) is 76.2 cm³/mol. The van der Waals surface area contributed by atoms with Gasteiger partial charge in [-0.15, -0.1) is 0 Å². The van der Waals surface area contributed by atoms with Crippen molar-refractivity contribution in [3.05, 3.63) is 58.4 Å². The van der Waals surface area contributed by atoms with Crippen molar-refractivity contribution >= 4 is 21.3 Å². The Balaban J connectivity index is 2.14. The van der Waals surface area contributed by atoms with E-state index in [0.717, 1.165) is 0 Å². The summed E-state index contributed by atoms with van der Waals surface area (Å²) in [6.45, 7) is 4.43. The lowest BCUT2D eigenvalue weighted by atomic mass is 9.76. The smallest absolute Gasteiger partial charge is 0.423 e. The van der Waals surface area contributed by atoms with Gasteiger partial charge in [0.05, 0.1) is 9.13 Å². The van der Waals surface area contributed by atoms with Crippen molar-refractivity contribution in [3.8, 4) is 0 Å². The van der Waals surface area contributed by atoms with Crippen LogP contribution < -0.4 is 0 Å². The lowest BCUT2D eigenvalue weighted by molar-refractivity contribution is 0.431. The Labute approximate surface area is 109 Å². The van der Waals surface area contributed by atoms with E-state index in [9.17, 15) is 10.0 Å². The van der Waals surface area contributed by atoms with E-state index >= 15 is 0 Å². The van der Waals surface area contributed by atoms with Gasteiger partial charge in [-0.2, -0.15) is 0 Å². The minimum atomic E-state index is -1.34. The summed E-state index contributed by atoms with van der Waals surface area (Å²) >= 11 is 0. The summed E-state index contributed by atoms with van der Waals surface area (Å²) in [6, 6.07) is 0. The van der Waals surface area contributed by atoms with Gasteiger partial charge in [-0.3, -0.25) is 0 Å². The van der Waals surface area contributed by atoms with Crippen LogP contribution in [0.3, 0.4) is 0 Å². The van der Waals surface area contributed by atoms with Crippen molar-refractivity contribution in [1.82, 2.24) is 0 Å². The highest BCUT2D eigenvalue weighted by atomic mass is 28.2. The van der Waals surface area contributed by atoms with Gasteiger partial charge in [-0.25, -0.2) is 0 Å². The Kier molecular flexibility index (Phi) is 2.55. The molecule has 4 heteroatoms. The summed E-state index contributed by atoms with van der Waals surface area (Å²) in [4.78, 5) is 0. The van der Waals surface area contributed by atoms with Crippen LogP contribution in [0.1, 0.15) is 13.8 Å². The highest BCUT2D eigenvalue weighted by molar-refractivity contribution is 6.99. The molecular formula is C14H14BO2Si. The van der Waals surface area contributed by atoms with E-state index in [-0.39, 0.29) is 5.41 Å². The number of rotatable bonds is 1. The quantitative estimate of drug-likeness (QED) is 0.688. The van der Waals surface area contributed by atoms with E-state index in [2.05, 4.69) is 38.2 Å². The molecule has 2 N–H and O–H groups in total. The Morgan fingerprint density at radius 2 is 2.00 bits per heavy atom. The summed E-state index contributed by atoms with van der Waals surface area (Å²) in [7, 11) is -0.985. The van der Waals surface area contributed by atoms with Gasteiger partial charge in [0, 0.05) is 5.41 Å². The van der Waals surface area contributed by atoms with E-state index in [1.54, 1.807) is 0 Å². The third-order valence-electron chi connectivity index (χ3n) is 3.57. The van der Waals surface area contributed by atoms with E-state index in [1.165, 1.54) is 21.9 Å². The molecule has 18 heavy (non-hydrogen) atoms. The third kappa shape index (κ3) is 1.69. The minimum Gasteiger partial charge on any atom is -0.423 e. The number of hydrogen-bond acceptors (Lipinski definition) is 2. The Morgan fingerprint density at radius 3 is 2.72 bits per heavy atom. The molecule has 0 unspecified atom stereocenters. The molecule has 1 aliphatic heterocycles. The van der Waals surface area contributed by atoms with Gasteiger partial charge < -0.3 is 10.0 Å². The molecule has 0 aromatic rings. The van der Waals surface area contributed by atoms with Gasteiger partial charge >= 0.3 is 7.12 Å². The predicted octanol–water partition coefficient (Wildman–Crippen LogP) is 1.16. The molecule has 0 amide bonds. The first-order chi connectivity index (χ1) is 8.49. The highest BCUT2D eigenvalue weighted by Crippen LogP contribution is 2.45. The van der Waals surface area contributed by atoms with Crippen molar-refractivity contribution in [2.24, 2.45) is 5.41 Å². The van der Waals surface area contributed by atoms with Crippen LogP contribution in [-0.4, -0.2) is 31.4 Å². The second-order valence-electron chi connectivity index (χ2n) is 5.34. The van der Waals surface area contributed by atoms with Crippen molar-refractivity contribution < 1.29 is 10.0 Å². The first kappa shape index (κ1) is 11.8. The van der Waals surface area contributed by atoms with E-state index in [4.69, 9.17) is 0 Å². The van der Waals surface area contributed by atoms with Gasteiger partial charge in [0.25, 0.3) is 0 Å². The first-order valence-electron chi connectivity index (χ1n) is 6.04. The molecule has 0 aromatic carbocycles. The maximum atomic E-state index is 9.26. The summed E-state index contributed by atoms with van der Waals surface area (Å²) < 4.78 is 0. The molecule has 3 aliphatic rings. The van der Waals surface area contributed by atoms with E-state index in [1.807, 2.05) is 12.2 Å². The standard InChI is InChI=1S/C14H14BO2Si/c1-14(2)7-3-4-9-8-11-10(13(9)14)5-6-12(18-11)15(16)17/h3-8,16-17H,1-2H3. The lowest BCUT2D eigenvalue weighted by Crippen LogP contribution is -2.29. The Hall–Kier alpha value is -1.23. The summed E-state index contributed by atoms with van der Waals surface area (Å²) in [5.74, 6) is 0. The van der Waals surface area contributed by atoms with Gasteiger partial charge in [0.15, 0.2) is 0 Å². The van der Waals surface area contributed by atoms with Crippen LogP contribution in [0.5, 0.6) is 0 Å². The molecule has 2 nitrogen and oxygen atoms in total. The largest absolute Gasteiger partial charge is 0.483 e. The van der Waals surface area contributed by atoms with Gasteiger partial charge in [-0.1, -0.05) is 50.3 Å². The minimum absolute atomic E-state index is 0.0435. The topological polar surface area (TPSA) is 40.5 Å². The molecule has 0 saturated heterocycles.